The highest BCUT2D eigenvalue weighted by Gasteiger charge is 2.29. The van der Waals surface area contributed by atoms with E-state index in [-0.39, 0.29) is 6.61 Å². The monoisotopic (exact) mass is 264 g/mol. The average Bonchev–Trinajstić information content (AvgIpc) is 2.86. The van der Waals surface area contributed by atoms with Crippen LogP contribution in [0.5, 0.6) is 0 Å². The SMILES string of the molecule is O=C(NC1CCCN1C(=O)O)OCc1ccccc1. The van der Waals surface area contributed by atoms with E-state index in [0.29, 0.717) is 13.0 Å². The molecule has 2 amide bonds. The molecule has 1 aromatic rings. The van der Waals surface area contributed by atoms with Crippen LogP contribution in [-0.2, 0) is 11.3 Å². The summed E-state index contributed by atoms with van der Waals surface area (Å²) in [6.45, 7) is 0.616. The Hall–Kier alpha value is -2.24. The first-order valence-electron chi connectivity index (χ1n) is 6.13. The molecule has 1 aromatic carbocycles. The highest BCUT2D eigenvalue weighted by Crippen LogP contribution is 2.15. The maximum atomic E-state index is 11.6. The number of nitrogens with one attached hydrogen (secondary N) is 1. The molecule has 1 aliphatic rings. The number of alkyl carbamates (subject to hydrolysis) is 1. The average molecular weight is 264 g/mol. The molecular weight excluding hydrogens is 248 g/mol. The predicted molar refractivity (Wildman–Crippen MR) is 67.5 cm³/mol. The van der Waals surface area contributed by atoms with Gasteiger partial charge in [0.1, 0.15) is 12.8 Å². The molecule has 0 radical (unpaired) electrons. The van der Waals surface area contributed by atoms with Crippen LogP contribution in [-0.4, -0.2) is 34.9 Å². The maximum absolute atomic E-state index is 11.6. The zero-order chi connectivity index (χ0) is 13.7. The molecule has 1 aliphatic heterocycles. The smallest absolute Gasteiger partial charge is 0.409 e. The van der Waals surface area contributed by atoms with Crippen molar-refractivity contribution in [2.45, 2.75) is 25.6 Å². The van der Waals surface area contributed by atoms with Crippen molar-refractivity contribution in [1.82, 2.24) is 10.2 Å². The van der Waals surface area contributed by atoms with E-state index in [1.807, 2.05) is 30.3 Å². The number of carbonyl (C=O) groups is 2. The fourth-order valence-corrected chi connectivity index (χ4v) is 2.05. The van der Waals surface area contributed by atoms with Crippen LogP contribution in [0.2, 0.25) is 0 Å². The lowest BCUT2D eigenvalue weighted by Crippen LogP contribution is -2.46. The molecule has 1 saturated heterocycles. The van der Waals surface area contributed by atoms with Crippen molar-refractivity contribution in [1.29, 1.82) is 0 Å². The van der Waals surface area contributed by atoms with E-state index in [2.05, 4.69) is 5.32 Å². The van der Waals surface area contributed by atoms with Gasteiger partial charge in [-0.2, -0.15) is 0 Å². The molecule has 0 aliphatic carbocycles. The third-order valence-corrected chi connectivity index (χ3v) is 3.00. The lowest BCUT2D eigenvalue weighted by molar-refractivity contribution is 0.111. The van der Waals surface area contributed by atoms with Crippen molar-refractivity contribution < 1.29 is 19.4 Å². The lowest BCUT2D eigenvalue weighted by atomic mass is 10.2. The minimum absolute atomic E-state index is 0.173. The quantitative estimate of drug-likeness (QED) is 0.875. The number of carbonyl (C=O) groups excluding carboxylic acids is 1. The zero-order valence-corrected chi connectivity index (χ0v) is 10.4. The Bertz CT molecular complexity index is 449. The number of amides is 2. The van der Waals surface area contributed by atoms with Crippen molar-refractivity contribution in [2.24, 2.45) is 0 Å². The molecule has 1 fully saturated rings. The summed E-state index contributed by atoms with van der Waals surface area (Å²) in [5.74, 6) is 0. The summed E-state index contributed by atoms with van der Waals surface area (Å²) in [6.07, 6.45) is -0.739. The zero-order valence-electron chi connectivity index (χ0n) is 10.4. The Kier molecular flexibility index (Phi) is 4.22. The molecule has 1 heterocycles. The summed E-state index contributed by atoms with van der Waals surface area (Å²) in [4.78, 5) is 23.7. The number of likely N-dealkylation sites (tertiary alicyclic amines) is 1. The number of nitrogens with zero attached hydrogens (tertiary/aromatic N) is 1. The predicted octanol–water partition coefficient (Wildman–Crippen LogP) is 2.01. The van der Waals surface area contributed by atoms with Gasteiger partial charge in [0.2, 0.25) is 0 Å². The summed E-state index contributed by atoms with van der Waals surface area (Å²) in [7, 11) is 0. The summed E-state index contributed by atoms with van der Waals surface area (Å²) in [5, 5.41) is 11.5. The molecule has 0 bridgehead atoms. The van der Waals surface area contributed by atoms with Crippen LogP contribution in [0.3, 0.4) is 0 Å². The van der Waals surface area contributed by atoms with Crippen LogP contribution in [0.4, 0.5) is 9.59 Å². The molecule has 19 heavy (non-hydrogen) atoms. The number of benzene rings is 1. The van der Waals surface area contributed by atoms with Crippen molar-refractivity contribution in [3.63, 3.8) is 0 Å². The van der Waals surface area contributed by atoms with E-state index in [0.717, 1.165) is 12.0 Å². The second kappa shape index (κ2) is 6.08. The van der Waals surface area contributed by atoms with Crippen molar-refractivity contribution in [3.05, 3.63) is 35.9 Å². The van der Waals surface area contributed by atoms with Gasteiger partial charge in [-0.1, -0.05) is 30.3 Å². The molecule has 2 rings (SSSR count). The van der Waals surface area contributed by atoms with Gasteiger partial charge in [-0.25, -0.2) is 9.59 Å². The van der Waals surface area contributed by atoms with Crippen LogP contribution in [0, 0.1) is 0 Å². The Morgan fingerprint density at radius 2 is 2.11 bits per heavy atom. The topological polar surface area (TPSA) is 78.9 Å². The van der Waals surface area contributed by atoms with E-state index >= 15 is 0 Å². The summed E-state index contributed by atoms with van der Waals surface area (Å²) in [6, 6.07) is 9.31. The summed E-state index contributed by atoms with van der Waals surface area (Å²) < 4.78 is 5.05. The van der Waals surface area contributed by atoms with Gasteiger partial charge in [-0.05, 0) is 18.4 Å². The molecule has 6 nitrogen and oxygen atoms in total. The van der Waals surface area contributed by atoms with Crippen molar-refractivity contribution in [2.75, 3.05) is 6.54 Å². The first-order valence-corrected chi connectivity index (χ1v) is 6.13. The van der Waals surface area contributed by atoms with Gasteiger partial charge in [0.15, 0.2) is 0 Å². The summed E-state index contributed by atoms with van der Waals surface area (Å²) >= 11 is 0. The molecule has 0 spiro atoms. The largest absolute Gasteiger partial charge is 0.465 e. The molecular formula is C13H16N2O4. The normalized spacial score (nSPS) is 18.1. The first-order chi connectivity index (χ1) is 9.16. The van der Waals surface area contributed by atoms with Crippen LogP contribution >= 0.6 is 0 Å². The van der Waals surface area contributed by atoms with Crippen molar-refractivity contribution >= 4 is 12.2 Å². The fourth-order valence-electron chi connectivity index (χ4n) is 2.05. The van der Waals surface area contributed by atoms with E-state index < -0.39 is 18.4 Å². The van der Waals surface area contributed by atoms with E-state index in [9.17, 15) is 9.59 Å². The Labute approximate surface area is 111 Å². The number of hydrogen-bond acceptors (Lipinski definition) is 3. The third kappa shape index (κ3) is 3.61. The Morgan fingerprint density at radius 1 is 1.37 bits per heavy atom. The lowest BCUT2D eigenvalue weighted by Gasteiger charge is -2.22. The van der Waals surface area contributed by atoms with Gasteiger partial charge >= 0.3 is 12.2 Å². The van der Waals surface area contributed by atoms with Crippen LogP contribution in [0.1, 0.15) is 18.4 Å². The van der Waals surface area contributed by atoms with Gasteiger partial charge in [-0.15, -0.1) is 0 Å². The summed E-state index contributed by atoms with van der Waals surface area (Å²) in [5.41, 5.74) is 0.888. The minimum Gasteiger partial charge on any atom is -0.465 e. The Morgan fingerprint density at radius 3 is 2.79 bits per heavy atom. The van der Waals surface area contributed by atoms with E-state index in [1.54, 1.807) is 0 Å². The molecule has 2 N–H and O–H groups in total. The first kappa shape index (κ1) is 13.2. The molecule has 0 aromatic heterocycles. The fraction of sp³-hybridized carbons (Fsp3) is 0.385. The van der Waals surface area contributed by atoms with Crippen LogP contribution in [0.25, 0.3) is 0 Å². The molecule has 0 saturated carbocycles. The molecule has 1 atom stereocenters. The van der Waals surface area contributed by atoms with E-state index in [1.165, 1.54) is 4.90 Å². The van der Waals surface area contributed by atoms with Crippen LogP contribution in [0.15, 0.2) is 30.3 Å². The number of rotatable bonds is 3. The van der Waals surface area contributed by atoms with Gasteiger partial charge in [0, 0.05) is 6.54 Å². The molecule has 102 valence electrons. The highest BCUT2D eigenvalue weighted by molar-refractivity contribution is 5.70. The maximum Gasteiger partial charge on any atom is 0.409 e. The van der Waals surface area contributed by atoms with Gasteiger partial charge < -0.3 is 15.2 Å². The number of ether oxygens (including phenoxy) is 1. The third-order valence-electron chi connectivity index (χ3n) is 3.00. The van der Waals surface area contributed by atoms with Gasteiger partial charge in [-0.3, -0.25) is 4.90 Å². The number of hydrogen-bond donors (Lipinski definition) is 2. The molecule has 6 heteroatoms. The molecule has 1 unspecified atom stereocenters. The standard InChI is InChI=1S/C13H16N2O4/c16-12(19-9-10-5-2-1-3-6-10)14-11-7-4-8-15(11)13(17)18/h1-3,5-6,11H,4,7-9H2,(H,14,16)(H,17,18). The highest BCUT2D eigenvalue weighted by atomic mass is 16.5. The van der Waals surface area contributed by atoms with Crippen LogP contribution < -0.4 is 5.32 Å². The second-order valence-corrected chi connectivity index (χ2v) is 4.34. The second-order valence-electron chi connectivity index (χ2n) is 4.34. The van der Waals surface area contributed by atoms with Gasteiger partial charge in [0.25, 0.3) is 0 Å². The van der Waals surface area contributed by atoms with Gasteiger partial charge in [0.05, 0.1) is 0 Å². The minimum atomic E-state index is -1.02. The number of carboxylic acid groups (broad SMARTS) is 1. The van der Waals surface area contributed by atoms with E-state index in [4.69, 9.17) is 9.84 Å². The van der Waals surface area contributed by atoms with Crippen molar-refractivity contribution in [3.8, 4) is 0 Å². The Balaban J connectivity index is 1.80.